The lowest BCUT2D eigenvalue weighted by Gasteiger charge is -2.17. The fourth-order valence-corrected chi connectivity index (χ4v) is 1.41. The molecule has 0 saturated carbocycles. The molecule has 0 unspecified atom stereocenters. The zero-order valence-corrected chi connectivity index (χ0v) is 9.04. The topological polar surface area (TPSA) is 75.6 Å². The van der Waals surface area contributed by atoms with Gasteiger partial charge in [0, 0.05) is 0 Å². The number of halogens is 4. The number of carbonyl (C=O) groups excluding carboxylic acids is 1. The molecular weight excluding hydrogens is 262 g/mol. The Morgan fingerprint density at radius 3 is 2.33 bits per heavy atom. The second-order valence-corrected chi connectivity index (χ2v) is 3.81. The van der Waals surface area contributed by atoms with Gasteiger partial charge in [0.25, 0.3) is 0 Å². The van der Waals surface area contributed by atoms with E-state index in [2.05, 4.69) is 0 Å². The molecule has 9 heteroatoms. The molecule has 5 nitrogen and oxygen atoms in total. The molecule has 1 fully saturated rings. The van der Waals surface area contributed by atoms with Crippen LogP contribution in [0, 0.1) is 0 Å². The number of hydrogen-bond acceptors (Lipinski definition) is 3. The average Bonchev–Trinajstić information content (AvgIpc) is 2.75. The van der Waals surface area contributed by atoms with Gasteiger partial charge in [0.1, 0.15) is 6.10 Å². The lowest BCUT2D eigenvalue weighted by atomic mass is 10.2. The number of rotatable bonds is 5. The lowest BCUT2D eigenvalue weighted by Crippen LogP contribution is -2.45. The summed E-state index contributed by atoms with van der Waals surface area (Å²) in [7, 11) is 0. The summed E-state index contributed by atoms with van der Waals surface area (Å²) in [5.41, 5.74) is 0. The summed E-state index contributed by atoms with van der Waals surface area (Å²) in [4.78, 5) is 21.8. The Bertz CT molecular complexity index is 337. The van der Waals surface area contributed by atoms with E-state index >= 15 is 0 Å². The molecule has 0 bridgehead atoms. The average molecular weight is 273 g/mol. The largest absolute Gasteiger partial charge is 0.479 e. The molecule has 2 atom stereocenters. The number of amides is 1. The normalized spacial score (nSPS) is 24.3. The minimum atomic E-state index is -4.32. The van der Waals surface area contributed by atoms with Gasteiger partial charge in [-0.1, -0.05) is 0 Å². The zero-order valence-electron chi connectivity index (χ0n) is 9.04. The first-order valence-corrected chi connectivity index (χ1v) is 5.06. The van der Waals surface area contributed by atoms with Crippen molar-refractivity contribution in [1.29, 1.82) is 0 Å². The number of ether oxygens (including phenoxy) is 1. The third-order valence-corrected chi connectivity index (χ3v) is 2.41. The molecule has 1 rings (SSSR count). The maximum atomic E-state index is 12.5. The smallest absolute Gasteiger partial charge is 0.332 e. The van der Waals surface area contributed by atoms with Crippen molar-refractivity contribution in [3.63, 3.8) is 0 Å². The Kier molecular flexibility index (Phi) is 4.49. The first-order chi connectivity index (χ1) is 8.24. The second kappa shape index (κ2) is 5.51. The minimum Gasteiger partial charge on any atom is -0.479 e. The van der Waals surface area contributed by atoms with Gasteiger partial charge in [-0.05, 0) is 12.8 Å². The summed E-state index contributed by atoms with van der Waals surface area (Å²) in [6.45, 7) is -1.51. The molecule has 1 amide bonds. The van der Waals surface area contributed by atoms with Crippen molar-refractivity contribution in [2.24, 2.45) is 0 Å². The van der Waals surface area contributed by atoms with E-state index in [1.165, 1.54) is 0 Å². The fraction of sp³-hybridized carbons (Fsp3) is 0.778. The maximum absolute atomic E-state index is 12.5. The SMILES string of the molecule is O=C(NCC(F)(F)C(F)F)[C@@H]1CC[C@H](C(=O)O)O1. The highest BCUT2D eigenvalue weighted by Gasteiger charge is 2.42. The molecule has 1 aliphatic heterocycles. The van der Waals surface area contributed by atoms with Crippen molar-refractivity contribution >= 4 is 11.9 Å². The van der Waals surface area contributed by atoms with Gasteiger partial charge < -0.3 is 15.2 Å². The number of nitrogens with one attached hydrogen (secondary N) is 1. The molecule has 0 aromatic carbocycles. The van der Waals surface area contributed by atoms with Crippen molar-refractivity contribution in [3.05, 3.63) is 0 Å². The van der Waals surface area contributed by atoms with Crippen LogP contribution < -0.4 is 5.32 Å². The molecule has 0 aromatic heterocycles. The number of alkyl halides is 4. The molecule has 2 N–H and O–H groups in total. The highest BCUT2D eigenvalue weighted by molar-refractivity contribution is 5.82. The third kappa shape index (κ3) is 3.56. The van der Waals surface area contributed by atoms with Gasteiger partial charge in [0.15, 0.2) is 6.10 Å². The molecule has 1 saturated heterocycles. The van der Waals surface area contributed by atoms with Gasteiger partial charge in [-0.25, -0.2) is 13.6 Å². The van der Waals surface area contributed by atoms with Crippen LogP contribution in [0.1, 0.15) is 12.8 Å². The van der Waals surface area contributed by atoms with Gasteiger partial charge in [-0.2, -0.15) is 8.78 Å². The first kappa shape index (κ1) is 14.7. The number of carbonyl (C=O) groups is 2. The number of carboxylic acid groups (broad SMARTS) is 1. The number of carboxylic acids is 1. The standard InChI is InChI=1S/C9H11F4NO4/c10-8(11)9(12,13)3-14-6(15)4-1-2-5(18-4)7(16)17/h4-5,8H,1-3H2,(H,14,15)(H,16,17)/t4-,5+/m0/s1. The van der Waals surface area contributed by atoms with Crippen molar-refractivity contribution in [2.45, 2.75) is 37.4 Å². The second-order valence-electron chi connectivity index (χ2n) is 3.81. The van der Waals surface area contributed by atoms with E-state index < -0.39 is 43.0 Å². The summed E-state index contributed by atoms with van der Waals surface area (Å²) in [5, 5.41) is 10.2. The maximum Gasteiger partial charge on any atom is 0.332 e. The van der Waals surface area contributed by atoms with Gasteiger partial charge in [0.2, 0.25) is 5.91 Å². The molecular formula is C9H11F4NO4. The predicted molar refractivity (Wildman–Crippen MR) is 49.5 cm³/mol. The van der Waals surface area contributed by atoms with Crippen LogP contribution in [0.4, 0.5) is 17.6 Å². The van der Waals surface area contributed by atoms with E-state index in [0.29, 0.717) is 0 Å². The van der Waals surface area contributed by atoms with E-state index in [1.807, 2.05) is 0 Å². The van der Waals surface area contributed by atoms with Crippen LogP contribution in [0.3, 0.4) is 0 Å². The van der Waals surface area contributed by atoms with Crippen molar-refractivity contribution in [2.75, 3.05) is 6.54 Å². The van der Waals surface area contributed by atoms with Crippen LogP contribution in [0.2, 0.25) is 0 Å². The number of aliphatic carboxylic acids is 1. The Hall–Kier alpha value is -1.38. The van der Waals surface area contributed by atoms with Crippen LogP contribution in [0.5, 0.6) is 0 Å². The van der Waals surface area contributed by atoms with E-state index in [4.69, 9.17) is 9.84 Å². The van der Waals surface area contributed by atoms with E-state index in [0.717, 1.165) is 0 Å². The van der Waals surface area contributed by atoms with Crippen molar-refractivity contribution in [1.82, 2.24) is 5.32 Å². The molecule has 0 spiro atoms. The highest BCUT2D eigenvalue weighted by atomic mass is 19.3. The van der Waals surface area contributed by atoms with Crippen LogP contribution in [0.25, 0.3) is 0 Å². The predicted octanol–water partition coefficient (Wildman–Crippen LogP) is 0.635. The zero-order chi connectivity index (χ0) is 13.9. The summed E-state index contributed by atoms with van der Waals surface area (Å²) < 4.78 is 53.4. The minimum absolute atomic E-state index is 0.0447. The van der Waals surface area contributed by atoms with Crippen LogP contribution in [-0.4, -0.2) is 48.1 Å². The fourth-order valence-electron chi connectivity index (χ4n) is 1.41. The Morgan fingerprint density at radius 1 is 1.33 bits per heavy atom. The molecule has 1 heterocycles. The van der Waals surface area contributed by atoms with E-state index in [9.17, 15) is 27.2 Å². The quantitative estimate of drug-likeness (QED) is 0.721. The molecule has 18 heavy (non-hydrogen) atoms. The van der Waals surface area contributed by atoms with Crippen LogP contribution in [-0.2, 0) is 14.3 Å². The molecule has 0 aliphatic carbocycles. The highest BCUT2D eigenvalue weighted by Crippen LogP contribution is 2.23. The van der Waals surface area contributed by atoms with Crippen molar-refractivity contribution < 1.29 is 37.0 Å². The van der Waals surface area contributed by atoms with E-state index in [1.54, 1.807) is 5.32 Å². The summed E-state index contributed by atoms with van der Waals surface area (Å²) in [6, 6.07) is 0. The summed E-state index contributed by atoms with van der Waals surface area (Å²) in [5.74, 6) is -6.59. The first-order valence-electron chi connectivity index (χ1n) is 5.06. The van der Waals surface area contributed by atoms with E-state index in [-0.39, 0.29) is 12.8 Å². The van der Waals surface area contributed by atoms with Gasteiger partial charge in [-0.15, -0.1) is 0 Å². The Balaban J connectivity index is 2.41. The molecule has 0 aromatic rings. The van der Waals surface area contributed by atoms with Gasteiger partial charge in [0.05, 0.1) is 6.54 Å². The number of hydrogen-bond donors (Lipinski definition) is 2. The van der Waals surface area contributed by atoms with Crippen molar-refractivity contribution in [3.8, 4) is 0 Å². The molecule has 104 valence electrons. The van der Waals surface area contributed by atoms with Gasteiger partial charge >= 0.3 is 18.3 Å². The lowest BCUT2D eigenvalue weighted by molar-refractivity contribution is -0.153. The molecule has 0 radical (unpaired) electrons. The monoisotopic (exact) mass is 273 g/mol. The van der Waals surface area contributed by atoms with Crippen LogP contribution in [0.15, 0.2) is 0 Å². The van der Waals surface area contributed by atoms with Gasteiger partial charge in [-0.3, -0.25) is 4.79 Å². The summed E-state index contributed by atoms with van der Waals surface area (Å²) >= 11 is 0. The molecule has 1 aliphatic rings. The Labute approximate surface area is 99.1 Å². The summed E-state index contributed by atoms with van der Waals surface area (Å²) in [6.07, 6.45) is -6.13. The third-order valence-electron chi connectivity index (χ3n) is 2.41. The Morgan fingerprint density at radius 2 is 1.89 bits per heavy atom. The van der Waals surface area contributed by atoms with Crippen LogP contribution >= 0.6 is 0 Å².